The van der Waals surface area contributed by atoms with Gasteiger partial charge in [-0.05, 0) is 37.3 Å². The molecular formula is C30H37N3O6S. The van der Waals surface area contributed by atoms with Crippen molar-refractivity contribution in [2.45, 2.75) is 58.8 Å². The Morgan fingerprint density at radius 1 is 0.925 bits per heavy atom. The molecule has 10 heteroatoms. The predicted molar refractivity (Wildman–Crippen MR) is 153 cm³/mol. The fourth-order valence-electron chi connectivity index (χ4n) is 4.31. The maximum Gasteiger partial charge on any atom is 0.375 e. The summed E-state index contributed by atoms with van der Waals surface area (Å²) >= 11 is 1.45. The summed E-state index contributed by atoms with van der Waals surface area (Å²) in [5, 5.41) is 5.67. The van der Waals surface area contributed by atoms with Gasteiger partial charge in [-0.2, -0.15) is 0 Å². The van der Waals surface area contributed by atoms with E-state index in [9.17, 15) is 24.0 Å². The average Bonchev–Trinajstić information content (AvgIpc) is 3.38. The second-order valence-corrected chi connectivity index (χ2v) is 11.3. The van der Waals surface area contributed by atoms with E-state index in [0.29, 0.717) is 17.2 Å². The van der Waals surface area contributed by atoms with Crippen LogP contribution < -0.4 is 10.6 Å². The number of rotatable bonds is 12. The number of nitrogens with one attached hydrogen (secondary N) is 2. The van der Waals surface area contributed by atoms with Crippen molar-refractivity contribution in [1.82, 2.24) is 15.5 Å². The Balaban J connectivity index is 1.73. The van der Waals surface area contributed by atoms with E-state index in [4.69, 9.17) is 4.74 Å². The van der Waals surface area contributed by atoms with Gasteiger partial charge in [0.25, 0.3) is 5.78 Å². The van der Waals surface area contributed by atoms with E-state index < -0.39 is 41.9 Å². The zero-order chi connectivity index (χ0) is 29.2. The molecule has 9 nitrogen and oxygen atoms in total. The van der Waals surface area contributed by atoms with Crippen molar-refractivity contribution >= 4 is 41.2 Å². The Morgan fingerprint density at radius 3 is 2.10 bits per heavy atom. The molecule has 1 fully saturated rings. The molecule has 0 aromatic heterocycles. The van der Waals surface area contributed by atoms with Crippen LogP contribution in [-0.4, -0.2) is 64.3 Å². The van der Waals surface area contributed by atoms with E-state index in [0.717, 1.165) is 5.56 Å². The summed E-state index contributed by atoms with van der Waals surface area (Å²) in [6.07, 6.45) is -1.07. The van der Waals surface area contributed by atoms with Crippen molar-refractivity contribution in [2.24, 2.45) is 11.8 Å². The molecular weight excluding hydrogens is 530 g/mol. The van der Waals surface area contributed by atoms with Gasteiger partial charge >= 0.3 is 5.97 Å². The summed E-state index contributed by atoms with van der Waals surface area (Å²) in [6.45, 7) is 6.94. The molecule has 2 aromatic rings. The summed E-state index contributed by atoms with van der Waals surface area (Å²) in [4.78, 5) is 66.7. The summed E-state index contributed by atoms with van der Waals surface area (Å²) in [6, 6.07) is 17.4. The van der Waals surface area contributed by atoms with Crippen LogP contribution in [0.2, 0.25) is 0 Å². The highest BCUT2D eigenvalue weighted by molar-refractivity contribution is 7.99. The minimum atomic E-state index is -1.32. The van der Waals surface area contributed by atoms with Crippen LogP contribution in [-0.2, 0) is 41.6 Å². The molecule has 0 spiro atoms. The van der Waals surface area contributed by atoms with Crippen molar-refractivity contribution in [3.63, 3.8) is 0 Å². The summed E-state index contributed by atoms with van der Waals surface area (Å²) in [7, 11) is 0. The van der Waals surface area contributed by atoms with Crippen molar-refractivity contribution in [3.05, 3.63) is 71.8 Å². The van der Waals surface area contributed by atoms with Gasteiger partial charge < -0.3 is 20.3 Å². The number of esters is 1. The van der Waals surface area contributed by atoms with E-state index in [-0.39, 0.29) is 30.6 Å². The average molecular weight is 568 g/mol. The first-order valence-corrected chi connectivity index (χ1v) is 14.5. The van der Waals surface area contributed by atoms with E-state index >= 15 is 0 Å². The van der Waals surface area contributed by atoms with Crippen LogP contribution in [0.15, 0.2) is 60.7 Å². The lowest BCUT2D eigenvalue weighted by Gasteiger charge is -2.31. The Morgan fingerprint density at radius 2 is 1.52 bits per heavy atom. The summed E-state index contributed by atoms with van der Waals surface area (Å²) < 4.78 is 5.07. The quantitative estimate of drug-likeness (QED) is 0.230. The number of Topliss-reactive ketones (excluding diaryl/α,β-unsaturated/α-hetero) is 1. The molecule has 1 heterocycles. The van der Waals surface area contributed by atoms with Gasteiger partial charge in [-0.1, -0.05) is 74.5 Å². The molecule has 3 rings (SSSR count). The smallest absolute Gasteiger partial charge is 0.375 e. The van der Waals surface area contributed by atoms with Crippen LogP contribution in [0.25, 0.3) is 0 Å². The molecule has 0 aliphatic carbocycles. The predicted octanol–water partition coefficient (Wildman–Crippen LogP) is 2.72. The lowest BCUT2D eigenvalue weighted by atomic mass is 9.94. The lowest BCUT2D eigenvalue weighted by molar-refractivity contribution is -0.160. The normalized spacial score (nSPS) is 16.4. The molecule has 0 radical (unpaired) electrons. The van der Waals surface area contributed by atoms with Gasteiger partial charge in [-0.25, -0.2) is 4.79 Å². The Bertz CT molecular complexity index is 1190. The number of ether oxygens (including phenoxy) is 1. The Kier molecular flexibility index (Phi) is 11.3. The fourth-order valence-corrected chi connectivity index (χ4v) is 5.41. The number of hydrogen-bond donors (Lipinski definition) is 2. The minimum Gasteiger partial charge on any atom is -0.457 e. The topological polar surface area (TPSA) is 122 Å². The van der Waals surface area contributed by atoms with Crippen molar-refractivity contribution in [3.8, 4) is 0 Å². The largest absolute Gasteiger partial charge is 0.457 e. The highest BCUT2D eigenvalue weighted by Crippen LogP contribution is 2.23. The van der Waals surface area contributed by atoms with Crippen LogP contribution in [0.5, 0.6) is 0 Å². The highest BCUT2D eigenvalue weighted by atomic mass is 32.2. The monoisotopic (exact) mass is 567 g/mol. The summed E-state index contributed by atoms with van der Waals surface area (Å²) in [5.41, 5.74) is 1.55. The van der Waals surface area contributed by atoms with Gasteiger partial charge in [-0.3, -0.25) is 19.2 Å². The van der Waals surface area contributed by atoms with Crippen LogP contribution in [0.3, 0.4) is 0 Å². The van der Waals surface area contributed by atoms with Gasteiger partial charge in [0.2, 0.25) is 17.7 Å². The second kappa shape index (κ2) is 14.6. The van der Waals surface area contributed by atoms with Crippen molar-refractivity contribution in [1.29, 1.82) is 0 Å². The first-order chi connectivity index (χ1) is 19.1. The molecule has 1 aliphatic heterocycles. The first kappa shape index (κ1) is 30.9. The molecule has 1 aliphatic rings. The molecule has 0 unspecified atom stereocenters. The van der Waals surface area contributed by atoms with Crippen LogP contribution in [0, 0.1) is 11.8 Å². The number of benzene rings is 2. The Labute approximate surface area is 239 Å². The van der Waals surface area contributed by atoms with Crippen molar-refractivity contribution in [2.75, 3.05) is 11.6 Å². The van der Waals surface area contributed by atoms with Gasteiger partial charge in [0.15, 0.2) is 0 Å². The van der Waals surface area contributed by atoms with Crippen LogP contribution in [0.1, 0.15) is 38.8 Å². The van der Waals surface area contributed by atoms with Gasteiger partial charge in [-0.15, -0.1) is 11.8 Å². The number of thioether (sulfide) groups is 1. The molecule has 1 saturated heterocycles. The number of ketones is 1. The van der Waals surface area contributed by atoms with Crippen LogP contribution in [0.4, 0.5) is 0 Å². The van der Waals surface area contributed by atoms with Gasteiger partial charge in [0, 0.05) is 5.75 Å². The van der Waals surface area contributed by atoms with Crippen LogP contribution >= 0.6 is 11.8 Å². The maximum absolute atomic E-state index is 13.6. The molecule has 2 N–H and O–H groups in total. The summed E-state index contributed by atoms with van der Waals surface area (Å²) in [5.74, 6) is -4.06. The maximum atomic E-state index is 13.6. The van der Waals surface area contributed by atoms with Gasteiger partial charge in [0.1, 0.15) is 18.1 Å². The third-order valence-electron chi connectivity index (χ3n) is 6.39. The van der Waals surface area contributed by atoms with Gasteiger partial charge in [0.05, 0.1) is 18.4 Å². The molecule has 0 saturated carbocycles. The SMILES string of the molecule is CC(C)OC(=O)C(=O)[C@H](Cc1ccccc1)C(=O)N[C@H]1CSCN1C(=O)[C@@H](NC(=O)Cc1ccccc1)C(C)C. The second-order valence-electron chi connectivity index (χ2n) is 10.3. The Hall–Kier alpha value is -3.66. The van der Waals surface area contributed by atoms with E-state index in [1.807, 2.05) is 50.2 Å². The number of carbonyl (C=O) groups is 5. The molecule has 0 bridgehead atoms. The molecule has 2 aromatic carbocycles. The lowest BCUT2D eigenvalue weighted by Crippen LogP contribution is -2.57. The van der Waals surface area contributed by atoms with E-state index in [2.05, 4.69) is 10.6 Å². The highest BCUT2D eigenvalue weighted by Gasteiger charge is 2.39. The van der Waals surface area contributed by atoms with E-state index in [1.165, 1.54) is 16.7 Å². The zero-order valence-electron chi connectivity index (χ0n) is 23.3. The third-order valence-corrected chi connectivity index (χ3v) is 7.40. The fraction of sp³-hybridized carbons (Fsp3) is 0.433. The third kappa shape index (κ3) is 8.67. The molecule has 3 atom stereocenters. The number of amides is 3. The van der Waals surface area contributed by atoms with Crippen molar-refractivity contribution < 1.29 is 28.7 Å². The minimum absolute atomic E-state index is 0.0106. The first-order valence-electron chi connectivity index (χ1n) is 13.4. The number of hydrogen-bond acceptors (Lipinski definition) is 7. The standard InChI is InChI=1S/C30H37N3O6S/c1-19(2)26(32-25(34)16-22-13-9-6-10-14-22)29(37)33-18-40-17-24(33)31-28(36)23(15-21-11-7-5-8-12-21)27(35)30(38)39-20(3)4/h5-14,19-20,23-24,26H,15-18H2,1-4H3,(H,31,36)(H,32,34)/t23-,24+,26-/m0/s1. The number of nitrogens with zero attached hydrogens (tertiary/aromatic N) is 1. The number of carbonyl (C=O) groups excluding carboxylic acids is 5. The molecule has 214 valence electrons. The van der Waals surface area contributed by atoms with E-state index in [1.54, 1.807) is 38.1 Å². The zero-order valence-corrected chi connectivity index (χ0v) is 24.1. The molecule has 3 amide bonds. The molecule has 40 heavy (non-hydrogen) atoms.